The number of carbonyl (C=O) groups excluding carboxylic acids is 1. The lowest BCUT2D eigenvalue weighted by Crippen LogP contribution is -2.37. The van der Waals surface area contributed by atoms with Crippen molar-refractivity contribution >= 4 is 38.9 Å². The first kappa shape index (κ1) is 18.2. The topological polar surface area (TPSA) is 66.5 Å². The van der Waals surface area contributed by atoms with Crippen LogP contribution in [0, 0.1) is 12.7 Å². The normalized spacial score (nSPS) is 11.2. The molecule has 8 heteroatoms. The number of carbonyl (C=O) groups is 1. The third kappa shape index (κ3) is 4.46. The number of benzene rings is 2. The molecule has 0 aliphatic heterocycles. The molecule has 1 N–H and O–H groups in total. The lowest BCUT2D eigenvalue weighted by molar-refractivity contribution is -0.114. The second kappa shape index (κ2) is 7.19. The van der Waals surface area contributed by atoms with Gasteiger partial charge in [0.25, 0.3) is 0 Å². The Kier molecular flexibility index (Phi) is 5.46. The summed E-state index contributed by atoms with van der Waals surface area (Å²) in [5.41, 5.74) is 1.26. The van der Waals surface area contributed by atoms with Crippen molar-refractivity contribution in [2.45, 2.75) is 6.92 Å². The molecule has 0 saturated heterocycles. The van der Waals surface area contributed by atoms with Gasteiger partial charge in [-0.3, -0.25) is 9.10 Å². The molecule has 0 aliphatic rings. The molecular formula is C16H16ClFN2O3S. The Balaban J connectivity index is 2.25. The van der Waals surface area contributed by atoms with Gasteiger partial charge in [-0.2, -0.15) is 0 Å². The molecule has 0 atom stereocenters. The highest BCUT2D eigenvalue weighted by Gasteiger charge is 2.23. The molecular weight excluding hydrogens is 355 g/mol. The van der Waals surface area contributed by atoms with Crippen molar-refractivity contribution in [1.82, 2.24) is 0 Å². The summed E-state index contributed by atoms with van der Waals surface area (Å²) >= 11 is 6.03. The van der Waals surface area contributed by atoms with E-state index in [0.717, 1.165) is 10.6 Å². The first-order valence-corrected chi connectivity index (χ1v) is 9.19. The van der Waals surface area contributed by atoms with Gasteiger partial charge in [-0.05, 0) is 48.9 Å². The lowest BCUT2D eigenvalue weighted by atomic mass is 10.2. The minimum atomic E-state index is -3.70. The van der Waals surface area contributed by atoms with E-state index >= 15 is 0 Å². The highest BCUT2D eigenvalue weighted by molar-refractivity contribution is 7.92. The zero-order chi connectivity index (χ0) is 17.9. The SMILES string of the molecule is Cc1c(Cl)cccc1N(CC(=O)Nc1ccc(F)cc1)S(C)(=O)=O. The van der Waals surface area contributed by atoms with Gasteiger partial charge in [-0.25, -0.2) is 12.8 Å². The van der Waals surface area contributed by atoms with Gasteiger partial charge in [-0.1, -0.05) is 17.7 Å². The smallest absolute Gasteiger partial charge is 0.245 e. The minimum absolute atomic E-state index is 0.333. The molecule has 0 aliphatic carbocycles. The number of amides is 1. The second-order valence-corrected chi connectivity index (χ2v) is 7.52. The first-order valence-electron chi connectivity index (χ1n) is 6.97. The highest BCUT2D eigenvalue weighted by Crippen LogP contribution is 2.28. The Hall–Kier alpha value is -2.12. The van der Waals surface area contributed by atoms with E-state index in [2.05, 4.69) is 5.32 Å². The maximum absolute atomic E-state index is 12.9. The number of nitrogens with one attached hydrogen (secondary N) is 1. The van der Waals surface area contributed by atoms with Crippen molar-refractivity contribution in [3.8, 4) is 0 Å². The van der Waals surface area contributed by atoms with E-state index in [0.29, 0.717) is 22.0 Å². The van der Waals surface area contributed by atoms with Gasteiger partial charge in [0.05, 0.1) is 11.9 Å². The summed E-state index contributed by atoms with van der Waals surface area (Å²) < 4.78 is 38.0. The summed E-state index contributed by atoms with van der Waals surface area (Å²) in [5, 5.41) is 2.93. The Morgan fingerprint density at radius 2 is 1.83 bits per heavy atom. The first-order chi connectivity index (χ1) is 11.2. The molecule has 2 aromatic carbocycles. The number of hydrogen-bond donors (Lipinski definition) is 1. The van der Waals surface area contributed by atoms with Crippen molar-refractivity contribution in [3.63, 3.8) is 0 Å². The molecule has 1 amide bonds. The van der Waals surface area contributed by atoms with Crippen LogP contribution in [0.1, 0.15) is 5.56 Å². The Bertz CT molecular complexity index is 854. The molecule has 2 rings (SSSR count). The van der Waals surface area contributed by atoms with Crippen molar-refractivity contribution in [1.29, 1.82) is 0 Å². The van der Waals surface area contributed by atoms with Gasteiger partial charge in [0, 0.05) is 10.7 Å². The fraction of sp³-hybridized carbons (Fsp3) is 0.188. The van der Waals surface area contributed by atoms with Crippen LogP contribution >= 0.6 is 11.6 Å². The largest absolute Gasteiger partial charge is 0.325 e. The maximum Gasteiger partial charge on any atom is 0.245 e. The standard InChI is InChI=1S/C16H16ClFN2O3S/c1-11-14(17)4-3-5-15(11)20(24(2,22)23)10-16(21)19-13-8-6-12(18)7-9-13/h3-9H,10H2,1-2H3,(H,19,21). The van der Waals surface area contributed by atoms with E-state index < -0.39 is 28.3 Å². The summed E-state index contributed by atoms with van der Waals surface area (Å²) in [6.45, 7) is 1.26. The number of halogens is 2. The van der Waals surface area contributed by atoms with E-state index in [4.69, 9.17) is 11.6 Å². The summed E-state index contributed by atoms with van der Waals surface area (Å²) in [5.74, 6) is -0.980. The molecule has 0 bridgehead atoms. The Morgan fingerprint density at radius 3 is 2.42 bits per heavy atom. The van der Waals surface area contributed by atoms with Crippen molar-refractivity contribution in [2.24, 2.45) is 0 Å². The summed E-state index contributed by atoms with van der Waals surface area (Å²) in [7, 11) is -3.70. The van der Waals surface area contributed by atoms with Gasteiger partial charge in [0.15, 0.2) is 0 Å². The predicted octanol–water partition coefficient (Wildman–Crippen LogP) is 3.19. The van der Waals surface area contributed by atoms with Gasteiger partial charge < -0.3 is 5.32 Å². The fourth-order valence-corrected chi connectivity index (χ4v) is 3.19. The summed E-state index contributed by atoms with van der Waals surface area (Å²) in [4.78, 5) is 12.2. The molecule has 128 valence electrons. The molecule has 0 radical (unpaired) electrons. The van der Waals surface area contributed by atoms with Crippen molar-refractivity contribution < 1.29 is 17.6 Å². The third-order valence-corrected chi connectivity index (χ3v) is 4.86. The molecule has 5 nitrogen and oxygen atoms in total. The number of sulfonamides is 1. The zero-order valence-electron chi connectivity index (χ0n) is 13.1. The Morgan fingerprint density at radius 1 is 1.21 bits per heavy atom. The predicted molar refractivity (Wildman–Crippen MR) is 93.4 cm³/mol. The zero-order valence-corrected chi connectivity index (χ0v) is 14.7. The number of rotatable bonds is 5. The van der Waals surface area contributed by atoms with Crippen molar-refractivity contribution in [3.05, 3.63) is 58.9 Å². The van der Waals surface area contributed by atoms with Crippen LogP contribution in [0.5, 0.6) is 0 Å². The average Bonchev–Trinajstić information content (AvgIpc) is 2.49. The van der Waals surface area contributed by atoms with Crippen LogP contribution in [0.4, 0.5) is 15.8 Å². The van der Waals surface area contributed by atoms with Crippen LogP contribution in [0.2, 0.25) is 5.02 Å². The number of anilines is 2. The van der Waals surface area contributed by atoms with Gasteiger partial charge >= 0.3 is 0 Å². The molecule has 24 heavy (non-hydrogen) atoms. The second-order valence-electron chi connectivity index (χ2n) is 5.21. The molecule has 0 fully saturated rings. The quantitative estimate of drug-likeness (QED) is 0.878. The van der Waals surface area contributed by atoms with Crippen molar-refractivity contribution in [2.75, 3.05) is 22.4 Å². The maximum atomic E-state index is 12.9. The minimum Gasteiger partial charge on any atom is -0.325 e. The highest BCUT2D eigenvalue weighted by atomic mass is 35.5. The number of nitrogens with zero attached hydrogens (tertiary/aromatic N) is 1. The van der Waals surface area contributed by atoms with E-state index in [-0.39, 0.29) is 0 Å². The molecule has 0 saturated carbocycles. The van der Waals surface area contributed by atoms with Crippen LogP contribution in [0.15, 0.2) is 42.5 Å². The van der Waals surface area contributed by atoms with E-state index in [9.17, 15) is 17.6 Å². The molecule has 0 aromatic heterocycles. The van der Waals surface area contributed by atoms with Gasteiger partial charge in [-0.15, -0.1) is 0 Å². The molecule has 2 aromatic rings. The van der Waals surface area contributed by atoms with Gasteiger partial charge in [0.1, 0.15) is 12.4 Å². The van der Waals surface area contributed by atoms with Crippen LogP contribution in [-0.2, 0) is 14.8 Å². The number of hydrogen-bond acceptors (Lipinski definition) is 3. The van der Waals surface area contributed by atoms with E-state index in [1.807, 2.05) is 0 Å². The van der Waals surface area contributed by atoms with E-state index in [1.165, 1.54) is 24.3 Å². The van der Waals surface area contributed by atoms with E-state index in [1.54, 1.807) is 25.1 Å². The molecule has 0 heterocycles. The lowest BCUT2D eigenvalue weighted by Gasteiger charge is -2.24. The fourth-order valence-electron chi connectivity index (χ4n) is 2.11. The summed E-state index contributed by atoms with van der Waals surface area (Å²) in [6.07, 6.45) is 1.01. The third-order valence-electron chi connectivity index (χ3n) is 3.32. The Labute approximate surface area is 145 Å². The van der Waals surface area contributed by atoms with Crippen LogP contribution in [-0.4, -0.2) is 27.1 Å². The van der Waals surface area contributed by atoms with Crippen LogP contribution < -0.4 is 9.62 Å². The monoisotopic (exact) mass is 370 g/mol. The molecule has 0 spiro atoms. The molecule has 0 unspecified atom stereocenters. The average molecular weight is 371 g/mol. The summed E-state index contributed by atoms with van der Waals surface area (Å²) in [6, 6.07) is 10.0. The van der Waals surface area contributed by atoms with Gasteiger partial charge in [0.2, 0.25) is 15.9 Å². The van der Waals surface area contributed by atoms with Crippen LogP contribution in [0.25, 0.3) is 0 Å². The van der Waals surface area contributed by atoms with Crippen LogP contribution in [0.3, 0.4) is 0 Å².